The van der Waals surface area contributed by atoms with Crippen molar-refractivity contribution in [2.24, 2.45) is 0 Å². The molecular weight excluding hydrogens is 268 g/mol. The van der Waals surface area contributed by atoms with E-state index in [2.05, 4.69) is 4.98 Å². The van der Waals surface area contributed by atoms with Gasteiger partial charge in [-0.1, -0.05) is 26.8 Å². The zero-order chi connectivity index (χ0) is 15.6. The van der Waals surface area contributed by atoms with Gasteiger partial charge in [0.05, 0.1) is 17.2 Å². The molecule has 1 heterocycles. The maximum absolute atomic E-state index is 11.3. The molecule has 0 saturated carbocycles. The highest BCUT2D eigenvalue weighted by Gasteiger charge is 2.18. The molecule has 0 radical (unpaired) electrons. The Balaban J connectivity index is 2.53. The van der Waals surface area contributed by atoms with Crippen molar-refractivity contribution < 1.29 is 15.0 Å². The van der Waals surface area contributed by atoms with Crippen LogP contribution < -0.4 is 0 Å². The summed E-state index contributed by atoms with van der Waals surface area (Å²) in [5, 5.41) is 19.1. The van der Waals surface area contributed by atoms with Crippen LogP contribution in [0.4, 0.5) is 0 Å². The smallest absolute Gasteiger partial charge is 0.337 e. The minimum Gasteiger partial charge on any atom is -0.478 e. The first-order valence-corrected chi connectivity index (χ1v) is 7.36. The molecule has 5 heteroatoms. The van der Waals surface area contributed by atoms with Crippen LogP contribution in [-0.4, -0.2) is 31.8 Å². The molecule has 5 nitrogen and oxygen atoms in total. The zero-order valence-electron chi connectivity index (χ0n) is 12.7. The number of rotatable bonds is 6. The fraction of sp³-hybridized carbons (Fsp3) is 0.500. The van der Waals surface area contributed by atoms with Crippen LogP contribution in [0.15, 0.2) is 18.2 Å². The SMILES string of the molecule is CCC(O)CCn1c(C(C)C)nc2c(C(=O)O)cccc21. The first-order valence-electron chi connectivity index (χ1n) is 7.36. The Morgan fingerprint density at radius 2 is 2.10 bits per heavy atom. The molecule has 0 bridgehead atoms. The Kier molecular flexibility index (Phi) is 4.63. The number of aromatic carboxylic acids is 1. The van der Waals surface area contributed by atoms with Gasteiger partial charge < -0.3 is 14.8 Å². The summed E-state index contributed by atoms with van der Waals surface area (Å²) in [7, 11) is 0. The third kappa shape index (κ3) is 3.08. The van der Waals surface area contributed by atoms with Crippen LogP contribution in [0.1, 0.15) is 55.7 Å². The number of carbonyl (C=O) groups is 1. The second-order valence-corrected chi connectivity index (χ2v) is 5.61. The van der Waals surface area contributed by atoms with E-state index in [0.717, 1.165) is 11.3 Å². The number of hydrogen-bond acceptors (Lipinski definition) is 3. The number of carboxylic acid groups (broad SMARTS) is 1. The maximum atomic E-state index is 11.3. The molecule has 0 amide bonds. The van der Waals surface area contributed by atoms with Crippen LogP contribution in [0, 0.1) is 0 Å². The molecule has 2 rings (SSSR count). The summed E-state index contributed by atoms with van der Waals surface area (Å²) in [6.45, 7) is 6.66. The lowest BCUT2D eigenvalue weighted by Gasteiger charge is -2.13. The number of nitrogens with zero attached hydrogens (tertiary/aromatic N) is 2. The fourth-order valence-corrected chi connectivity index (χ4v) is 2.50. The van der Waals surface area contributed by atoms with Gasteiger partial charge in [-0.25, -0.2) is 9.78 Å². The van der Waals surface area contributed by atoms with Crippen molar-refractivity contribution in [3.8, 4) is 0 Å². The summed E-state index contributed by atoms with van der Waals surface area (Å²) < 4.78 is 2.03. The largest absolute Gasteiger partial charge is 0.478 e. The van der Waals surface area contributed by atoms with Gasteiger partial charge in [-0.05, 0) is 25.0 Å². The van der Waals surface area contributed by atoms with Crippen molar-refractivity contribution in [2.45, 2.75) is 52.2 Å². The minimum atomic E-state index is -0.964. The Morgan fingerprint density at radius 1 is 1.38 bits per heavy atom. The van der Waals surface area contributed by atoms with Crippen LogP contribution in [0.5, 0.6) is 0 Å². The Hall–Kier alpha value is -1.88. The molecule has 21 heavy (non-hydrogen) atoms. The third-order valence-corrected chi connectivity index (χ3v) is 3.71. The van der Waals surface area contributed by atoms with Gasteiger partial charge in [0.2, 0.25) is 0 Å². The Labute approximate surface area is 124 Å². The third-order valence-electron chi connectivity index (χ3n) is 3.71. The number of aromatic nitrogens is 2. The second kappa shape index (κ2) is 6.26. The molecule has 0 aliphatic rings. The molecule has 0 aliphatic carbocycles. The van der Waals surface area contributed by atoms with E-state index >= 15 is 0 Å². The van der Waals surface area contributed by atoms with Crippen LogP contribution in [0.3, 0.4) is 0 Å². The normalized spacial score (nSPS) is 13.0. The second-order valence-electron chi connectivity index (χ2n) is 5.61. The van der Waals surface area contributed by atoms with Crippen molar-refractivity contribution in [1.82, 2.24) is 9.55 Å². The zero-order valence-corrected chi connectivity index (χ0v) is 12.7. The molecule has 1 atom stereocenters. The van der Waals surface area contributed by atoms with Crippen LogP contribution in [0.2, 0.25) is 0 Å². The number of imidazole rings is 1. The number of benzene rings is 1. The molecule has 114 valence electrons. The molecule has 1 unspecified atom stereocenters. The summed E-state index contributed by atoms with van der Waals surface area (Å²) in [5.74, 6) is 0.0916. The van der Waals surface area contributed by atoms with Crippen molar-refractivity contribution in [1.29, 1.82) is 0 Å². The number of carboxylic acids is 1. The van der Waals surface area contributed by atoms with Crippen molar-refractivity contribution >= 4 is 17.0 Å². The first kappa shape index (κ1) is 15.5. The first-order chi connectivity index (χ1) is 9.95. The van der Waals surface area contributed by atoms with E-state index in [1.807, 2.05) is 31.4 Å². The molecule has 1 aromatic heterocycles. The van der Waals surface area contributed by atoms with Gasteiger partial charge >= 0.3 is 5.97 Å². The van der Waals surface area contributed by atoms with Gasteiger partial charge in [-0.2, -0.15) is 0 Å². The molecule has 2 N–H and O–H groups in total. The highest BCUT2D eigenvalue weighted by atomic mass is 16.4. The van der Waals surface area contributed by atoms with E-state index in [1.54, 1.807) is 12.1 Å². The molecular formula is C16H22N2O3. The average Bonchev–Trinajstić information content (AvgIpc) is 2.83. The van der Waals surface area contributed by atoms with Gasteiger partial charge in [-0.15, -0.1) is 0 Å². The number of aryl methyl sites for hydroxylation is 1. The lowest BCUT2D eigenvalue weighted by molar-refractivity contribution is 0.0699. The van der Waals surface area contributed by atoms with E-state index < -0.39 is 5.97 Å². The van der Waals surface area contributed by atoms with Gasteiger partial charge in [0.1, 0.15) is 11.3 Å². The number of para-hydroxylation sites is 1. The van der Waals surface area contributed by atoms with Crippen molar-refractivity contribution in [2.75, 3.05) is 0 Å². The van der Waals surface area contributed by atoms with Crippen molar-refractivity contribution in [3.05, 3.63) is 29.6 Å². The van der Waals surface area contributed by atoms with Crippen LogP contribution in [0.25, 0.3) is 11.0 Å². The van der Waals surface area contributed by atoms with Gasteiger partial charge in [0.25, 0.3) is 0 Å². The Bertz CT molecular complexity index is 646. The van der Waals surface area contributed by atoms with E-state index in [1.165, 1.54) is 0 Å². The topological polar surface area (TPSA) is 75.3 Å². The van der Waals surface area contributed by atoms with Gasteiger partial charge in [0.15, 0.2) is 0 Å². The lowest BCUT2D eigenvalue weighted by Crippen LogP contribution is -2.12. The highest BCUT2D eigenvalue weighted by molar-refractivity contribution is 6.01. The molecule has 0 fully saturated rings. The quantitative estimate of drug-likeness (QED) is 0.857. The van der Waals surface area contributed by atoms with Gasteiger partial charge in [0, 0.05) is 12.5 Å². The predicted octanol–water partition coefficient (Wildman–Crippen LogP) is 3.02. The summed E-state index contributed by atoms with van der Waals surface area (Å²) in [6, 6.07) is 5.20. The lowest BCUT2D eigenvalue weighted by atomic mass is 10.1. The number of aliphatic hydroxyl groups is 1. The number of fused-ring (bicyclic) bond motifs is 1. The van der Waals surface area contributed by atoms with E-state index in [0.29, 0.717) is 24.9 Å². The summed E-state index contributed by atoms with van der Waals surface area (Å²) >= 11 is 0. The summed E-state index contributed by atoms with van der Waals surface area (Å²) in [6.07, 6.45) is 1.01. The number of hydrogen-bond donors (Lipinski definition) is 2. The highest BCUT2D eigenvalue weighted by Crippen LogP contribution is 2.25. The van der Waals surface area contributed by atoms with Crippen molar-refractivity contribution in [3.63, 3.8) is 0 Å². The maximum Gasteiger partial charge on any atom is 0.337 e. The van der Waals surface area contributed by atoms with E-state index in [-0.39, 0.29) is 17.6 Å². The van der Waals surface area contributed by atoms with Gasteiger partial charge in [-0.3, -0.25) is 0 Å². The van der Waals surface area contributed by atoms with Crippen LogP contribution >= 0.6 is 0 Å². The fourth-order valence-electron chi connectivity index (χ4n) is 2.50. The monoisotopic (exact) mass is 290 g/mol. The Morgan fingerprint density at radius 3 is 2.67 bits per heavy atom. The van der Waals surface area contributed by atoms with Crippen LogP contribution in [-0.2, 0) is 6.54 Å². The average molecular weight is 290 g/mol. The van der Waals surface area contributed by atoms with E-state index in [9.17, 15) is 15.0 Å². The molecule has 0 aliphatic heterocycles. The molecule has 0 spiro atoms. The standard InChI is InChI=1S/C16H22N2O3/c1-4-11(19)8-9-18-13-7-5-6-12(16(20)21)14(13)17-15(18)10(2)3/h5-7,10-11,19H,4,8-9H2,1-3H3,(H,20,21). The molecule has 1 aromatic carbocycles. The van der Waals surface area contributed by atoms with E-state index in [4.69, 9.17) is 0 Å². The molecule has 2 aromatic rings. The summed E-state index contributed by atoms with van der Waals surface area (Å²) in [5.41, 5.74) is 1.57. The number of aliphatic hydroxyl groups excluding tert-OH is 1. The predicted molar refractivity (Wildman–Crippen MR) is 81.7 cm³/mol. The summed E-state index contributed by atoms with van der Waals surface area (Å²) in [4.78, 5) is 15.9. The minimum absolute atomic E-state index is 0.192. The molecule has 0 saturated heterocycles.